The van der Waals surface area contributed by atoms with Crippen LogP contribution in [0.2, 0.25) is 0 Å². The second kappa shape index (κ2) is 16.5. The fourth-order valence-electron chi connectivity index (χ4n) is 5.66. The Labute approximate surface area is 259 Å². The van der Waals surface area contributed by atoms with E-state index in [1.807, 2.05) is 30.3 Å². The molecular formula is C35H44O9. The number of hydrogen-bond donors (Lipinski definition) is 1. The molecule has 2 fully saturated rings. The van der Waals surface area contributed by atoms with Crippen LogP contribution >= 0.6 is 0 Å². The molecule has 1 aliphatic carbocycles. The van der Waals surface area contributed by atoms with E-state index < -0.39 is 24.8 Å². The van der Waals surface area contributed by atoms with Crippen molar-refractivity contribution in [2.45, 2.75) is 45.3 Å². The van der Waals surface area contributed by atoms with Crippen molar-refractivity contribution >= 4 is 11.9 Å². The van der Waals surface area contributed by atoms with Gasteiger partial charge < -0.3 is 33.5 Å². The van der Waals surface area contributed by atoms with Crippen LogP contribution in [-0.2, 0) is 28.5 Å². The SMILES string of the molecule is C=C(COC)C(=O)OCCOc1ccc(-c2ccc(OC(=O)C(=C)CO)cc2)cc1C1OCC(C2CCC(CC)CC2)CO1. The first kappa shape index (κ1) is 33.4. The molecule has 2 aromatic rings. The Bertz CT molecular complexity index is 1270. The molecule has 4 rings (SSSR count). The molecule has 0 unspecified atom stereocenters. The van der Waals surface area contributed by atoms with Crippen LogP contribution in [0.5, 0.6) is 11.5 Å². The van der Waals surface area contributed by atoms with Crippen molar-refractivity contribution in [3.8, 4) is 22.6 Å². The molecule has 0 amide bonds. The molecule has 1 heterocycles. The molecule has 0 spiro atoms. The molecule has 1 N–H and O–H groups in total. The number of hydrogen-bond acceptors (Lipinski definition) is 9. The van der Waals surface area contributed by atoms with E-state index in [4.69, 9.17) is 33.5 Å². The minimum Gasteiger partial charge on any atom is -0.490 e. The summed E-state index contributed by atoms with van der Waals surface area (Å²) >= 11 is 0. The molecule has 2 aliphatic rings. The Morgan fingerprint density at radius 2 is 1.57 bits per heavy atom. The zero-order valence-electron chi connectivity index (χ0n) is 25.8. The highest BCUT2D eigenvalue weighted by Gasteiger charge is 2.33. The Kier molecular flexibility index (Phi) is 12.6. The Hall–Kier alpha value is -3.50. The Balaban J connectivity index is 1.45. The molecule has 1 aliphatic heterocycles. The van der Waals surface area contributed by atoms with Gasteiger partial charge in [0.1, 0.15) is 24.7 Å². The van der Waals surface area contributed by atoms with Gasteiger partial charge in [0, 0.05) is 13.0 Å². The lowest BCUT2D eigenvalue weighted by Crippen LogP contribution is -2.34. The van der Waals surface area contributed by atoms with E-state index in [-0.39, 0.29) is 31.0 Å². The minimum absolute atomic E-state index is 0.0210. The number of esters is 2. The topological polar surface area (TPSA) is 110 Å². The summed E-state index contributed by atoms with van der Waals surface area (Å²) in [6, 6.07) is 12.8. The molecule has 238 valence electrons. The number of ether oxygens (including phenoxy) is 6. The zero-order valence-corrected chi connectivity index (χ0v) is 25.8. The highest BCUT2D eigenvalue weighted by molar-refractivity contribution is 5.89. The summed E-state index contributed by atoms with van der Waals surface area (Å²) in [5, 5.41) is 9.10. The monoisotopic (exact) mass is 608 g/mol. The van der Waals surface area contributed by atoms with Gasteiger partial charge >= 0.3 is 11.9 Å². The van der Waals surface area contributed by atoms with Crippen molar-refractivity contribution in [3.05, 3.63) is 72.3 Å². The third kappa shape index (κ3) is 9.01. The van der Waals surface area contributed by atoms with Crippen molar-refractivity contribution in [3.63, 3.8) is 0 Å². The molecule has 9 nitrogen and oxygen atoms in total. The van der Waals surface area contributed by atoms with Gasteiger partial charge in [-0.1, -0.05) is 57.5 Å². The molecule has 1 saturated carbocycles. The Morgan fingerprint density at radius 1 is 0.886 bits per heavy atom. The van der Waals surface area contributed by atoms with Crippen molar-refractivity contribution in [1.29, 1.82) is 0 Å². The normalized spacial score (nSPS) is 21.7. The molecule has 44 heavy (non-hydrogen) atoms. The second-order valence-corrected chi connectivity index (χ2v) is 11.4. The van der Waals surface area contributed by atoms with Crippen molar-refractivity contribution < 1.29 is 43.1 Å². The van der Waals surface area contributed by atoms with Gasteiger partial charge in [-0.05, 0) is 60.1 Å². The van der Waals surface area contributed by atoms with Gasteiger partial charge in [-0.25, -0.2) is 9.59 Å². The third-order valence-corrected chi connectivity index (χ3v) is 8.38. The largest absolute Gasteiger partial charge is 0.490 e. The van der Waals surface area contributed by atoms with Crippen LogP contribution in [0, 0.1) is 17.8 Å². The summed E-state index contributed by atoms with van der Waals surface area (Å²) in [7, 11) is 1.49. The highest BCUT2D eigenvalue weighted by Crippen LogP contribution is 2.40. The minimum atomic E-state index is -0.680. The van der Waals surface area contributed by atoms with Gasteiger partial charge in [-0.15, -0.1) is 0 Å². The van der Waals surface area contributed by atoms with E-state index in [2.05, 4.69) is 20.1 Å². The average molecular weight is 609 g/mol. The number of carbonyl (C=O) groups is 2. The third-order valence-electron chi connectivity index (χ3n) is 8.38. The van der Waals surface area contributed by atoms with E-state index in [9.17, 15) is 9.59 Å². The van der Waals surface area contributed by atoms with Crippen LogP contribution in [0.4, 0.5) is 0 Å². The highest BCUT2D eigenvalue weighted by atomic mass is 16.7. The van der Waals surface area contributed by atoms with E-state index in [1.165, 1.54) is 39.2 Å². The second-order valence-electron chi connectivity index (χ2n) is 11.4. The van der Waals surface area contributed by atoms with Crippen LogP contribution in [-0.4, -0.2) is 63.8 Å². The van der Waals surface area contributed by atoms with E-state index >= 15 is 0 Å². The lowest BCUT2D eigenvalue weighted by Gasteiger charge is -2.38. The van der Waals surface area contributed by atoms with Crippen LogP contribution in [0.1, 0.15) is 50.9 Å². The standard InChI is InChI=1S/C35H44O9/c1-5-25-6-8-27(9-7-25)29-21-42-35(43-22-29)31-18-28(26-10-13-30(14-11-26)44-34(38)23(2)19-36)12-15-32(31)40-16-17-41-33(37)24(3)20-39-4/h10-15,18,25,27,29,35-36H,2-3,5-9,16-17,19-22H2,1,4H3. The number of aliphatic hydroxyl groups is 1. The molecular weight excluding hydrogens is 564 g/mol. The fourth-order valence-corrected chi connectivity index (χ4v) is 5.66. The van der Waals surface area contributed by atoms with Gasteiger partial charge in [0.2, 0.25) is 0 Å². The summed E-state index contributed by atoms with van der Waals surface area (Å²) < 4.78 is 34.1. The predicted molar refractivity (Wildman–Crippen MR) is 165 cm³/mol. The summed E-state index contributed by atoms with van der Waals surface area (Å²) in [6.07, 6.45) is 5.64. The maximum atomic E-state index is 12.0. The van der Waals surface area contributed by atoms with Crippen LogP contribution in [0.25, 0.3) is 11.1 Å². The quantitative estimate of drug-likeness (QED) is 0.123. The summed E-state index contributed by atoms with van der Waals surface area (Å²) in [6.45, 7) is 10.5. The zero-order chi connectivity index (χ0) is 31.5. The summed E-state index contributed by atoms with van der Waals surface area (Å²) in [4.78, 5) is 24.0. The van der Waals surface area contributed by atoms with Crippen LogP contribution in [0.15, 0.2) is 66.8 Å². The summed E-state index contributed by atoms with van der Waals surface area (Å²) in [5.74, 6) is 1.53. The molecule has 0 bridgehead atoms. The summed E-state index contributed by atoms with van der Waals surface area (Å²) in [5.41, 5.74) is 2.72. The average Bonchev–Trinajstić information content (AvgIpc) is 3.06. The molecule has 0 radical (unpaired) electrons. The van der Waals surface area contributed by atoms with Gasteiger partial charge in [-0.3, -0.25) is 0 Å². The van der Waals surface area contributed by atoms with Crippen LogP contribution in [0.3, 0.4) is 0 Å². The van der Waals surface area contributed by atoms with Crippen molar-refractivity contribution in [2.75, 3.05) is 46.8 Å². The lowest BCUT2D eigenvalue weighted by molar-refractivity contribution is -0.215. The predicted octanol–water partition coefficient (Wildman–Crippen LogP) is 5.81. The molecule has 1 saturated heterocycles. The number of rotatable bonds is 14. The van der Waals surface area contributed by atoms with E-state index in [0.717, 1.165) is 22.6 Å². The lowest BCUT2D eigenvalue weighted by atomic mass is 9.75. The number of aliphatic hydroxyl groups excluding tert-OH is 1. The first-order chi connectivity index (χ1) is 21.3. The van der Waals surface area contributed by atoms with Crippen LogP contribution < -0.4 is 9.47 Å². The number of methoxy groups -OCH3 is 1. The molecule has 9 heteroatoms. The van der Waals surface area contributed by atoms with Crippen molar-refractivity contribution in [1.82, 2.24) is 0 Å². The first-order valence-electron chi connectivity index (χ1n) is 15.3. The molecule has 0 atom stereocenters. The van der Waals surface area contributed by atoms with E-state index in [1.54, 1.807) is 12.1 Å². The Morgan fingerprint density at radius 3 is 2.20 bits per heavy atom. The number of benzene rings is 2. The maximum Gasteiger partial charge on any atom is 0.341 e. The van der Waals surface area contributed by atoms with E-state index in [0.29, 0.717) is 36.5 Å². The fraction of sp³-hybridized carbons (Fsp3) is 0.486. The first-order valence-corrected chi connectivity index (χ1v) is 15.3. The number of carbonyl (C=O) groups excluding carboxylic acids is 2. The molecule has 2 aromatic carbocycles. The van der Waals surface area contributed by atoms with Crippen molar-refractivity contribution in [2.24, 2.45) is 17.8 Å². The van der Waals surface area contributed by atoms with Gasteiger partial charge in [0.15, 0.2) is 6.29 Å². The van der Waals surface area contributed by atoms with Gasteiger partial charge in [0.05, 0.1) is 43.1 Å². The molecule has 0 aromatic heterocycles. The maximum absolute atomic E-state index is 12.0. The van der Waals surface area contributed by atoms with Gasteiger partial charge in [-0.2, -0.15) is 0 Å². The van der Waals surface area contributed by atoms with Gasteiger partial charge in [0.25, 0.3) is 0 Å². The smallest absolute Gasteiger partial charge is 0.341 e.